The van der Waals surface area contributed by atoms with Crippen molar-refractivity contribution in [3.63, 3.8) is 0 Å². The third-order valence-corrected chi connectivity index (χ3v) is 3.49. The van der Waals surface area contributed by atoms with Gasteiger partial charge in [-0.1, -0.05) is 0 Å². The van der Waals surface area contributed by atoms with Crippen molar-refractivity contribution in [2.24, 2.45) is 0 Å². The highest BCUT2D eigenvalue weighted by atomic mass is 32.1. The van der Waals surface area contributed by atoms with Crippen molar-refractivity contribution in [3.05, 3.63) is 21.9 Å². The van der Waals surface area contributed by atoms with E-state index in [1.54, 1.807) is 11.3 Å². The molecule has 0 aliphatic heterocycles. The molecule has 0 aromatic carbocycles. The zero-order valence-electron chi connectivity index (χ0n) is 9.52. The molecular weight excluding hydrogens is 240 g/mol. The van der Waals surface area contributed by atoms with E-state index in [1.165, 1.54) is 10.4 Å². The third-order valence-electron chi connectivity index (χ3n) is 2.47. The van der Waals surface area contributed by atoms with Crippen LogP contribution in [-0.2, 0) is 22.4 Å². The number of rotatable bonds is 8. The van der Waals surface area contributed by atoms with E-state index in [-0.39, 0.29) is 12.8 Å². The average molecular weight is 256 g/mol. The molecule has 0 atom stereocenters. The molecule has 1 aromatic rings. The molecule has 1 rings (SSSR count). The van der Waals surface area contributed by atoms with Gasteiger partial charge in [0, 0.05) is 17.7 Å². The molecule has 0 fully saturated rings. The van der Waals surface area contributed by atoms with Crippen LogP contribution >= 0.6 is 11.3 Å². The summed E-state index contributed by atoms with van der Waals surface area (Å²) in [7, 11) is 0. The van der Waals surface area contributed by atoms with Crippen molar-refractivity contribution in [1.82, 2.24) is 0 Å². The number of carboxylic acid groups (broad SMARTS) is 2. The van der Waals surface area contributed by atoms with Crippen molar-refractivity contribution in [1.29, 1.82) is 0 Å². The summed E-state index contributed by atoms with van der Waals surface area (Å²) < 4.78 is 0. The van der Waals surface area contributed by atoms with Crippen molar-refractivity contribution < 1.29 is 19.8 Å². The molecule has 0 saturated carbocycles. The van der Waals surface area contributed by atoms with Gasteiger partial charge in [-0.3, -0.25) is 9.59 Å². The number of carbonyl (C=O) groups is 2. The lowest BCUT2D eigenvalue weighted by Crippen LogP contribution is -1.98. The van der Waals surface area contributed by atoms with Gasteiger partial charge >= 0.3 is 11.9 Å². The van der Waals surface area contributed by atoms with E-state index in [1.807, 2.05) is 11.4 Å². The van der Waals surface area contributed by atoms with Crippen LogP contribution in [0, 0.1) is 0 Å². The second-order valence-electron chi connectivity index (χ2n) is 3.86. The Morgan fingerprint density at radius 2 is 1.65 bits per heavy atom. The van der Waals surface area contributed by atoms with Gasteiger partial charge in [0.15, 0.2) is 0 Å². The summed E-state index contributed by atoms with van der Waals surface area (Å²) in [6, 6.07) is 2.00. The Morgan fingerprint density at radius 1 is 1.06 bits per heavy atom. The molecule has 0 radical (unpaired) electrons. The second kappa shape index (κ2) is 7.06. The van der Waals surface area contributed by atoms with Crippen LogP contribution in [-0.4, -0.2) is 22.2 Å². The average Bonchev–Trinajstić information content (AvgIpc) is 2.65. The van der Waals surface area contributed by atoms with Crippen LogP contribution in [0.3, 0.4) is 0 Å². The van der Waals surface area contributed by atoms with Crippen LogP contribution in [0.1, 0.15) is 36.1 Å². The first-order chi connectivity index (χ1) is 8.09. The van der Waals surface area contributed by atoms with E-state index < -0.39 is 11.9 Å². The number of aryl methyl sites for hydroxylation is 2. The summed E-state index contributed by atoms with van der Waals surface area (Å²) in [5, 5.41) is 19.1. The summed E-state index contributed by atoms with van der Waals surface area (Å²) in [4.78, 5) is 22.0. The summed E-state index contributed by atoms with van der Waals surface area (Å²) in [6.07, 6.45) is 3.18. The van der Waals surface area contributed by atoms with Crippen LogP contribution in [0.5, 0.6) is 0 Å². The van der Waals surface area contributed by atoms with E-state index >= 15 is 0 Å². The van der Waals surface area contributed by atoms with Crippen molar-refractivity contribution in [2.45, 2.75) is 38.5 Å². The van der Waals surface area contributed by atoms with E-state index in [0.29, 0.717) is 12.8 Å². The number of hydrogen-bond acceptors (Lipinski definition) is 3. The molecule has 1 aromatic heterocycles. The van der Waals surface area contributed by atoms with Crippen LogP contribution < -0.4 is 0 Å². The van der Waals surface area contributed by atoms with E-state index in [9.17, 15) is 9.59 Å². The predicted molar refractivity (Wildman–Crippen MR) is 65.5 cm³/mol. The molecule has 5 heteroatoms. The largest absolute Gasteiger partial charge is 0.481 e. The minimum Gasteiger partial charge on any atom is -0.481 e. The Bertz CT molecular complexity index is 349. The third kappa shape index (κ3) is 5.49. The molecule has 0 bridgehead atoms. The molecule has 0 spiro atoms. The number of carboxylic acids is 2. The van der Waals surface area contributed by atoms with Gasteiger partial charge in [0.2, 0.25) is 0 Å². The maximum Gasteiger partial charge on any atom is 0.303 e. The highest BCUT2D eigenvalue weighted by molar-refractivity contribution is 7.10. The van der Waals surface area contributed by atoms with E-state index in [4.69, 9.17) is 10.2 Å². The second-order valence-corrected chi connectivity index (χ2v) is 4.86. The van der Waals surface area contributed by atoms with Gasteiger partial charge in [0.25, 0.3) is 0 Å². The van der Waals surface area contributed by atoms with Gasteiger partial charge < -0.3 is 10.2 Å². The monoisotopic (exact) mass is 256 g/mol. The fourth-order valence-electron chi connectivity index (χ4n) is 1.64. The maximum absolute atomic E-state index is 10.4. The van der Waals surface area contributed by atoms with Crippen molar-refractivity contribution in [2.75, 3.05) is 0 Å². The molecule has 1 heterocycles. The molecule has 2 N–H and O–H groups in total. The summed E-state index contributed by atoms with van der Waals surface area (Å²) in [5.74, 6) is -1.54. The van der Waals surface area contributed by atoms with Crippen LogP contribution in [0.2, 0.25) is 0 Å². The van der Waals surface area contributed by atoms with Crippen molar-refractivity contribution in [3.8, 4) is 0 Å². The lowest BCUT2D eigenvalue weighted by Gasteiger charge is -2.02. The quantitative estimate of drug-likeness (QED) is 0.749. The zero-order valence-corrected chi connectivity index (χ0v) is 10.3. The lowest BCUT2D eigenvalue weighted by atomic mass is 10.1. The van der Waals surface area contributed by atoms with Gasteiger partial charge in [-0.05, 0) is 42.7 Å². The highest BCUT2D eigenvalue weighted by Crippen LogP contribution is 2.21. The number of hydrogen-bond donors (Lipinski definition) is 2. The van der Waals surface area contributed by atoms with E-state index in [0.717, 1.165) is 12.8 Å². The van der Waals surface area contributed by atoms with Gasteiger partial charge in [-0.25, -0.2) is 0 Å². The first-order valence-electron chi connectivity index (χ1n) is 5.58. The fourth-order valence-corrected chi connectivity index (χ4v) is 2.62. The first kappa shape index (κ1) is 13.7. The Labute approximate surface area is 104 Å². The highest BCUT2D eigenvalue weighted by Gasteiger charge is 2.06. The number of aliphatic carboxylic acids is 2. The Hall–Kier alpha value is -1.36. The zero-order chi connectivity index (χ0) is 12.7. The lowest BCUT2D eigenvalue weighted by molar-refractivity contribution is -0.138. The Morgan fingerprint density at radius 3 is 2.24 bits per heavy atom. The molecule has 94 valence electrons. The maximum atomic E-state index is 10.4. The van der Waals surface area contributed by atoms with Crippen LogP contribution in [0.4, 0.5) is 0 Å². The van der Waals surface area contributed by atoms with Gasteiger partial charge in [-0.15, -0.1) is 11.3 Å². The SMILES string of the molecule is O=C(O)CCCc1ccsc1CCCC(=O)O. The predicted octanol–water partition coefficient (Wildman–Crippen LogP) is 2.56. The topological polar surface area (TPSA) is 74.6 Å². The standard InChI is InChI=1S/C12H16O4S/c13-11(14)5-1-3-9-7-8-17-10(9)4-2-6-12(15)16/h7-8H,1-6H2,(H,13,14)(H,15,16). The summed E-state index contributed by atoms with van der Waals surface area (Å²) >= 11 is 1.62. The summed E-state index contributed by atoms with van der Waals surface area (Å²) in [5.41, 5.74) is 1.17. The van der Waals surface area contributed by atoms with Crippen LogP contribution in [0.25, 0.3) is 0 Å². The molecule has 17 heavy (non-hydrogen) atoms. The molecule has 0 amide bonds. The van der Waals surface area contributed by atoms with Gasteiger partial charge in [0.05, 0.1) is 0 Å². The van der Waals surface area contributed by atoms with Crippen molar-refractivity contribution >= 4 is 23.3 Å². The molecule has 0 aliphatic carbocycles. The Kier molecular flexibility index (Phi) is 5.69. The summed E-state index contributed by atoms with van der Waals surface area (Å²) in [6.45, 7) is 0. The minimum atomic E-state index is -0.771. The van der Waals surface area contributed by atoms with Crippen LogP contribution in [0.15, 0.2) is 11.4 Å². The normalized spacial score (nSPS) is 10.4. The molecule has 0 unspecified atom stereocenters. The van der Waals surface area contributed by atoms with Gasteiger partial charge in [-0.2, -0.15) is 0 Å². The molecule has 4 nitrogen and oxygen atoms in total. The molecule has 0 saturated heterocycles. The minimum absolute atomic E-state index is 0.185. The fraction of sp³-hybridized carbons (Fsp3) is 0.500. The smallest absolute Gasteiger partial charge is 0.303 e. The molecule has 0 aliphatic rings. The Balaban J connectivity index is 2.37. The number of thiophene rings is 1. The van der Waals surface area contributed by atoms with Gasteiger partial charge in [0.1, 0.15) is 0 Å². The van der Waals surface area contributed by atoms with E-state index in [2.05, 4.69) is 0 Å². The first-order valence-corrected chi connectivity index (χ1v) is 6.46. The molecular formula is C12H16O4S.